The van der Waals surface area contributed by atoms with Crippen LogP contribution in [0.2, 0.25) is 0 Å². The van der Waals surface area contributed by atoms with E-state index in [1.54, 1.807) is 0 Å². The lowest BCUT2D eigenvalue weighted by molar-refractivity contribution is -0.129. The highest BCUT2D eigenvalue weighted by Gasteiger charge is 2.36. The molecule has 4 nitrogen and oxygen atoms in total. The molecule has 0 spiro atoms. The van der Waals surface area contributed by atoms with Crippen LogP contribution in [0.3, 0.4) is 0 Å². The van der Waals surface area contributed by atoms with Gasteiger partial charge in [0, 0.05) is 25.4 Å². The van der Waals surface area contributed by atoms with Crippen LogP contribution in [0.15, 0.2) is 54.6 Å². The number of carbonyl (C=O) groups is 1. The zero-order chi connectivity index (χ0) is 20.2. The summed E-state index contributed by atoms with van der Waals surface area (Å²) >= 11 is 0. The number of unbranched alkanes of at least 4 members (excludes halogenated alkanes) is 3. The van der Waals surface area contributed by atoms with Crippen molar-refractivity contribution in [3.63, 3.8) is 0 Å². The van der Waals surface area contributed by atoms with E-state index in [0.717, 1.165) is 30.9 Å². The Morgan fingerprint density at radius 3 is 2.59 bits per heavy atom. The van der Waals surface area contributed by atoms with Crippen molar-refractivity contribution in [1.29, 1.82) is 0 Å². The van der Waals surface area contributed by atoms with E-state index >= 15 is 0 Å². The molecule has 2 unspecified atom stereocenters. The molecule has 4 rings (SSSR count). The maximum absolute atomic E-state index is 12.9. The molecule has 29 heavy (non-hydrogen) atoms. The van der Waals surface area contributed by atoms with Crippen molar-refractivity contribution in [1.82, 2.24) is 14.5 Å². The van der Waals surface area contributed by atoms with Gasteiger partial charge in [-0.1, -0.05) is 68.7 Å². The lowest BCUT2D eigenvalue weighted by atomic mass is 10.1. The van der Waals surface area contributed by atoms with Gasteiger partial charge in [-0.25, -0.2) is 4.98 Å². The van der Waals surface area contributed by atoms with Crippen molar-refractivity contribution in [2.75, 3.05) is 6.54 Å². The van der Waals surface area contributed by atoms with Gasteiger partial charge in [-0.2, -0.15) is 0 Å². The molecular formula is C25H31N3O. The van der Waals surface area contributed by atoms with Crippen molar-refractivity contribution in [2.45, 2.75) is 64.5 Å². The van der Waals surface area contributed by atoms with Crippen LogP contribution in [0.25, 0.3) is 11.0 Å². The molecule has 0 radical (unpaired) electrons. The fraction of sp³-hybridized carbons (Fsp3) is 0.440. The maximum Gasteiger partial charge on any atom is 0.223 e. The monoisotopic (exact) mass is 389 g/mol. The molecule has 4 heteroatoms. The van der Waals surface area contributed by atoms with Crippen molar-refractivity contribution >= 4 is 16.9 Å². The SMILES string of the molecule is CCCCCCn1c(C2CC(=O)N(C(C)c3ccccc3)C2)nc2ccccc21. The van der Waals surface area contributed by atoms with E-state index in [-0.39, 0.29) is 17.9 Å². The number of fused-ring (bicyclic) bond motifs is 1. The summed E-state index contributed by atoms with van der Waals surface area (Å²) in [5, 5.41) is 0. The number of nitrogens with zero attached hydrogens (tertiary/aromatic N) is 3. The molecule has 1 aromatic heterocycles. The van der Waals surface area contributed by atoms with Crippen molar-refractivity contribution in [3.8, 4) is 0 Å². The van der Waals surface area contributed by atoms with E-state index < -0.39 is 0 Å². The summed E-state index contributed by atoms with van der Waals surface area (Å²) in [6.45, 7) is 6.09. The largest absolute Gasteiger partial charge is 0.335 e. The van der Waals surface area contributed by atoms with Gasteiger partial charge in [-0.3, -0.25) is 4.79 Å². The summed E-state index contributed by atoms with van der Waals surface area (Å²) < 4.78 is 2.37. The Bertz CT molecular complexity index is 963. The number of rotatable bonds is 8. The first kappa shape index (κ1) is 19.7. The number of hydrogen-bond donors (Lipinski definition) is 0. The summed E-state index contributed by atoms with van der Waals surface area (Å²) in [5.74, 6) is 1.47. The van der Waals surface area contributed by atoms with Gasteiger partial charge in [0.15, 0.2) is 0 Å². The molecule has 2 atom stereocenters. The number of benzene rings is 2. The van der Waals surface area contributed by atoms with E-state index in [9.17, 15) is 4.79 Å². The predicted octanol–water partition coefficient (Wildman–Crippen LogP) is 5.69. The fourth-order valence-electron chi connectivity index (χ4n) is 4.53. The minimum Gasteiger partial charge on any atom is -0.335 e. The molecule has 0 bridgehead atoms. The fourth-order valence-corrected chi connectivity index (χ4v) is 4.53. The normalized spacial score (nSPS) is 17.9. The van der Waals surface area contributed by atoms with Crippen LogP contribution in [-0.2, 0) is 11.3 Å². The molecule has 1 amide bonds. The number of para-hydroxylation sites is 2. The predicted molar refractivity (Wildman–Crippen MR) is 118 cm³/mol. The van der Waals surface area contributed by atoms with E-state index in [2.05, 4.69) is 48.7 Å². The minimum absolute atomic E-state index is 0.0936. The van der Waals surface area contributed by atoms with Crippen LogP contribution in [0.5, 0.6) is 0 Å². The lowest BCUT2D eigenvalue weighted by Crippen LogP contribution is -2.28. The third kappa shape index (κ3) is 4.07. The Kier molecular flexibility index (Phi) is 5.98. The summed E-state index contributed by atoms with van der Waals surface area (Å²) in [6, 6.07) is 18.8. The number of amides is 1. The maximum atomic E-state index is 12.9. The summed E-state index contributed by atoms with van der Waals surface area (Å²) in [7, 11) is 0. The van der Waals surface area contributed by atoms with E-state index in [0.29, 0.717) is 6.42 Å². The van der Waals surface area contributed by atoms with E-state index in [4.69, 9.17) is 4.98 Å². The first-order chi connectivity index (χ1) is 14.2. The van der Waals surface area contributed by atoms with Crippen molar-refractivity contribution < 1.29 is 4.79 Å². The first-order valence-corrected chi connectivity index (χ1v) is 11.0. The average Bonchev–Trinajstić information content (AvgIpc) is 3.32. The molecule has 1 saturated heterocycles. The highest BCUT2D eigenvalue weighted by molar-refractivity contribution is 5.81. The average molecular weight is 390 g/mol. The zero-order valence-corrected chi connectivity index (χ0v) is 17.6. The van der Waals surface area contributed by atoms with Crippen LogP contribution in [0.4, 0.5) is 0 Å². The van der Waals surface area contributed by atoms with Gasteiger partial charge in [0.25, 0.3) is 0 Å². The van der Waals surface area contributed by atoms with Crippen molar-refractivity contribution in [3.05, 3.63) is 66.0 Å². The quantitative estimate of drug-likeness (QED) is 0.464. The molecular weight excluding hydrogens is 358 g/mol. The first-order valence-electron chi connectivity index (χ1n) is 11.0. The molecule has 2 aromatic carbocycles. The second-order valence-corrected chi connectivity index (χ2v) is 8.20. The smallest absolute Gasteiger partial charge is 0.223 e. The van der Waals surface area contributed by atoms with Crippen LogP contribution >= 0.6 is 0 Å². The topological polar surface area (TPSA) is 38.1 Å². The van der Waals surface area contributed by atoms with Crippen molar-refractivity contribution in [2.24, 2.45) is 0 Å². The Labute approximate surface area is 173 Å². The van der Waals surface area contributed by atoms with Crippen LogP contribution in [0, 0.1) is 0 Å². The molecule has 1 aliphatic rings. The number of hydrogen-bond acceptors (Lipinski definition) is 2. The number of aryl methyl sites for hydroxylation is 1. The van der Waals surface area contributed by atoms with E-state index in [1.165, 1.54) is 30.3 Å². The van der Waals surface area contributed by atoms with Gasteiger partial charge in [0.05, 0.1) is 17.1 Å². The standard InChI is InChI=1S/C25H31N3O/c1-3-4-5-11-16-27-23-15-10-9-14-22(23)26-25(27)21-17-24(29)28(18-21)19(2)20-12-7-6-8-13-20/h6-10,12-15,19,21H,3-5,11,16-18H2,1-2H3. The highest BCUT2D eigenvalue weighted by atomic mass is 16.2. The Morgan fingerprint density at radius 2 is 1.79 bits per heavy atom. The third-order valence-electron chi connectivity index (χ3n) is 6.19. The van der Waals surface area contributed by atoms with Gasteiger partial charge in [0.2, 0.25) is 5.91 Å². The van der Waals surface area contributed by atoms with Crippen LogP contribution in [0.1, 0.15) is 69.3 Å². The molecule has 0 aliphatic carbocycles. The molecule has 152 valence electrons. The van der Waals surface area contributed by atoms with Crippen LogP contribution in [-0.4, -0.2) is 26.9 Å². The Balaban J connectivity index is 1.58. The highest BCUT2D eigenvalue weighted by Crippen LogP contribution is 2.35. The van der Waals surface area contributed by atoms with Gasteiger partial charge < -0.3 is 9.47 Å². The zero-order valence-electron chi connectivity index (χ0n) is 17.6. The lowest BCUT2D eigenvalue weighted by Gasteiger charge is -2.25. The third-order valence-corrected chi connectivity index (χ3v) is 6.19. The van der Waals surface area contributed by atoms with Gasteiger partial charge in [-0.15, -0.1) is 0 Å². The number of aromatic nitrogens is 2. The molecule has 1 aliphatic heterocycles. The van der Waals surface area contributed by atoms with Gasteiger partial charge in [-0.05, 0) is 31.0 Å². The molecule has 3 aromatic rings. The Hall–Kier alpha value is -2.62. The summed E-state index contributed by atoms with van der Waals surface area (Å²) in [5.41, 5.74) is 3.43. The van der Waals surface area contributed by atoms with Crippen LogP contribution < -0.4 is 0 Å². The molecule has 0 N–H and O–H groups in total. The molecule has 2 heterocycles. The van der Waals surface area contributed by atoms with E-state index in [1.807, 2.05) is 29.2 Å². The Morgan fingerprint density at radius 1 is 1.03 bits per heavy atom. The second kappa shape index (κ2) is 8.81. The molecule has 0 saturated carbocycles. The number of imidazole rings is 1. The molecule has 1 fully saturated rings. The number of likely N-dealkylation sites (tertiary alicyclic amines) is 1. The minimum atomic E-state index is 0.0936. The van der Waals surface area contributed by atoms with Gasteiger partial charge in [0.1, 0.15) is 5.82 Å². The number of carbonyl (C=O) groups excluding carboxylic acids is 1. The van der Waals surface area contributed by atoms with Gasteiger partial charge >= 0.3 is 0 Å². The summed E-state index contributed by atoms with van der Waals surface area (Å²) in [4.78, 5) is 19.9. The summed E-state index contributed by atoms with van der Waals surface area (Å²) in [6.07, 6.45) is 5.46. The second-order valence-electron chi connectivity index (χ2n) is 8.20.